The number of rotatable bonds is 7. The van der Waals surface area contributed by atoms with E-state index in [1.165, 1.54) is 5.56 Å². The number of nitrogens with two attached hydrogens (primary N) is 1. The summed E-state index contributed by atoms with van der Waals surface area (Å²) in [6.45, 7) is 3.35. The first-order chi connectivity index (χ1) is 10.7. The molecule has 0 amide bonds. The lowest BCUT2D eigenvalue weighted by Crippen LogP contribution is -2.15. The molecule has 0 radical (unpaired) electrons. The largest absolute Gasteiger partial charge is 0.494 e. The van der Waals surface area contributed by atoms with Gasteiger partial charge in [0, 0.05) is 5.92 Å². The van der Waals surface area contributed by atoms with E-state index in [1.807, 2.05) is 24.3 Å². The first-order valence-electron chi connectivity index (χ1n) is 7.51. The molecule has 2 nitrogen and oxygen atoms in total. The van der Waals surface area contributed by atoms with Crippen molar-refractivity contribution in [3.8, 4) is 5.75 Å². The maximum absolute atomic E-state index is 6.31. The Morgan fingerprint density at radius 3 is 2.45 bits per heavy atom. The Hall–Kier alpha value is -1.22. The molecule has 0 aromatic heterocycles. The maximum atomic E-state index is 6.31. The monoisotopic (exact) mass is 337 g/mol. The predicted molar refractivity (Wildman–Crippen MR) is 94.2 cm³/mol. The zero-order valence-electron chi connectivity index (χ0n) is 12.7. The highest BCUT2D eigenvalue weighted by Crippen LogP contribution is 2.32. The Bertz CT molecular complexity index is 599. The second-order valence-corrected chi connectivity index (χ2v) is 6.06. The van der Waals surface area contributed by atoms with Crippen molar-refractivity contribution < 1.29 is 4.74 Å². The fourth-order valence-corrected chi connectivity index (χ4v) is 2.84. The molecule has 118 valence electrons. The molecule has 0 aliphatic carbocycles. The van der Waals surface area contributed by atoms with E-state index >= 15 is 0 Å². The second kappa shape index (κ2) is 8.42. The van der Waals surface area contributed by atoms with Crippen LogP contribution in [0.4, 0.5) is 0 Å². The molecule has 0 bridgehead atoms. The molecule has 4 heteroatoms. The van der Waals surface area contributed by atoms with E-state index in [0.29, 0.717) is 16.6 Å². The van der Waals surface area contributed by atoms with Crippen molar-refractivity contribution in [3.05, 3.63) is 63.6 Å². The molecule has 22 heavy (non-hydrogen) atoms. The van der Waals surface area contributed by atoms with Crippen molar-refractivity contribution in [1.29, 1.82) is 0 Å². The van der Waals surface area contributed by atoms with E-state index in [9.17, 15) is 0 Å². The van der Waals surface area contributed by atoms with Crippen molar-refractivity contribution in [2.24, 2.45) is 5.73 Å². The van der Waals surface area contributed by atoms with Crippen LogP contribution in [0.2, 0.25) is 10.0 Å². The lowest BCUT2D eigenvalue weighted by atomic mass is 9.92. The number of halogens is 2. The van der Waals surface area contributed by atoms with Gasteiger partial charge in [0.1, 0.15) is 5.75 Å². The van der Waals surface area contributed by atoms with Crippen molar-refractivity contribution in [1.82, 2.24) is 0 Å². The van der Waals surface area contributed by atoms with Crippen LogP contribution < -0.4 is 10.5 Å². The van der Waals surface area contributed by atoms with Gasteiger partial charge in [-0.1, -0.05) is 54.4 Å². The van der Waals surface area contributed by atoms with E-state index in [0.717, 1.165) is 30.8 Å². The van der Waals surface area contributed by atoms with E-state index in [1.54, 1.807) is 6.07 Å². The molecule has 0 aliphatic heterocycles. The Labute approximate surface area is 142 Å². The summed E-state index contributed by atoms with van der Waals surface area (Å²) in [5.41, 5.74) is 8.15. The Morgan fingerprint density at radius 1 is 1.09 bits per heavy atom. The van der Waals surface area contributed by atoms with Gasteiger partial charge in [0.15, 0.2) is 0 Å². The van der Waals surface area contributed by atoms with Crippen LogP contribution in [-0.2, 0) is 6.42 Å². The van der Waals surface area contributed by atoms with Gasteiger partial charge in [-0.05, 0) is 48.7 Å². The van der Waals surface area contributed by atoms with Crippen LogP contribution in [0.1, 0.15) is 30.4 Å². The summed E-state index contributed by atoms with van der Waals surface area (Å²) in [6.07, 6.45) is 1.83. The number of ether oxygens (including phenoxy) is 1. The lowest BCUT2D eigenvalue weighted by Gasteiger charge is -2.17. The molecule has 0 saturated carbocycles. The van der Waals surface area contributed by atoms with E-state index < -0.39 is 0 Å². The normalized spacial score (nSPS) is 12.2. The van der Waals surface area contributed by atoms with Crippen LogP contribution in [0.25, 0.3) is 0 Å². The fourth-order valence-electron chi connectivity index (χ4n) is 2.38. The average molecular weight is 338 g/mol. The van der Waals surface area contributed by atoms with Gasteiger partial charge < -0.3 is 10.5 Å². The highest BCUT2D eigenvalue weighted by atomic mass is 35.5. The first kappa shape index (κ1) is 17.1. The van der Waals surface area contributed by atoms with Gasteiger partial charge in [0.05, 0.1) is 16.7 Å². The van der Waals surface area contributed by atoms with Crippen LogP contribution in [-0.4, -0.2) is 13.2 Å². The topological polar surface area (TPSA) is 35.2 Å². The third-order valence-electron chi connectivity index (χ3n) is 3.58. The highest BCUT2D eigenvalue weighted by molar-refractivity contribution is 6.42. The zero-order chi connectivity index (χ0) is 15.9. The molecule has 0 spiro atoms. The third kappa shape index (κ3) is 4.39. The Morgan fingerprint density at radius 2 is 1.82 bits per heavy atom. The van der Waals surface area contributed by atoms with Crippen LogP contribution in [0.5, 0.6) is 5.75 Å². The van der Waals surface area contributed by atoms with Crippen molar-refractivity contribution >= 4 is 23.2 Å². The lowest BCUT2D eigenvalue weighted by molar-refractivity contribution is 0.317. The fraction of sp³-hybridized carbons (Fsp3) is 0.333. The summed E-state index contributed by atoms with van der Waals surface area (Å²) in [5, 5.41) is 1.17. The van der Waals surface area contributed by atoms with Gasteiger partial charge in [-0.2, -0.15) is 0 Å². The minimum absolute atomic E-state index is 0.147. The van der Waals surface area contributed by atoms with Crippen LogP contribution in [0.3, 0.4) is 0 Å². The molecule has 0 heterocycles. The summed E-state index contributed by atoms with van der Waals surface area (Å²) in [7, 11) is 0. The summed E-state index contributed by atoms with van der Waals surface area (Å²) >= 11 is 12.4. The third-order valence-corrected chi connectivity index (χ3v) is 4.42. The molecule has 2 aromatic rings. The average Bonchev–Trinajstić information content (AvgIpc) is 2.54. The molecule has 1 atom stereocenters. The van der Waals surface area contributed by atoms with Gasteiger partial charge in [-0.25, -0.2) is 0 Å². The minimum atomic E-state index is 0.147. The van der Waals surface area contributed by atoms with Crippen LogP contribution in [0, 0.1) is 0 Å². The molecule has 0 fully saturated rings. The second-order valence-electron chi connectivity index (χ2n) is 5.27. The smallest absolute Gasteiger partial charge is 0.119 e. The van der Waals surface area contributed by atoms with E-state index in [2.05, 4.69) is 19.1 Å². The standard InChI is InChI=1S/C18H21Cl2NO/c1-2-10-22-15-8-6-13(7-9-15)11-14(12-21)16-4-3-5-17(19)18(16)20/h3-9,14H,2,10-12,21H2,1H3. The van der Waals surface area contributed by atoms with Gasteiger partial charge in [-0.15, -0.1) is 0 Å². The van der Waals surface area contributed by atoms with Gasteiger partial charge in [0.25, 0.3) is 0 Å². The predicted octanol–water partition coefficient (Wildman–Crippen LogP) is 5.07. The number of hydrogen-bond acceptors (Lipinski definition) is 2. The molecule has 2 N–H and O–H groups in total. The quantitative estimate of drug-likeness (QED) is 0.765. The number of hydrogen-bond donors (Lipinski definition) is 1. The molecular weight excluding hydrogens is 317 g/mol. The maximum Gasteiger partial charge on any atom is 0.119 e. The Kier molecular flexibility index (Phi) is 6.56. The molecule has 2 rings (SSSR count). The van der Waals surface area contributed by atoms with Crippen molar-refractivity contribution in [2.45, 2.75) is 25.7 Å². The van der Waals surface area contributed by atoms with Gasteiger partial charge in [-0.3, -0.25) is 0 Å². The van der Waals surface area contributed by atoms with Crippen LogP contribution >= 0.6 is 23.2 Å². The van der Waals surface area contributed by atoms with Gasteiger partial charge in [0.2, 0.25) is 0 Å². The Balaban J connectivity index is 2.11. The van der Waals surface area contributed by atoms with Crippen LogP contribution in [0.15, 0.2) is 42.5 Å². The molecule has 0 saturated heterocycles. The summed E-state index contributed by atoms with van der Waals surface area (Å²) < 4.78 is 5.60. The summed E-state index contributed by atoms with van der Waals surface area (Å²) in [5.74, 6) is 1.05. The molecular formula is C18H21Cl2NO. The number of benzene rings is 2. The van der Waals surface area contributed by atoms with E-state index in [-0.39, 0.29) is 5.92 Å². The first-order valence-corrected chi connectivity index (χ1v) is 8.27. The molecule has 0 aliphatic rings. The summed E-state index contributed by atoms with van der Waals surface area (Å²) in [6, 6.07) is 13.8. The SMILES string of the molecule is CCCOc1ccc(CC(CN)c2cccc(Cl)c2Cl)cc1. The summed E-state index contributed by atoms with van der Waals surface area (Å²) in [4.78, 5) is 0. The zero-order valence-corrected chi connectivity index (χ0v) is 14.2. The minimum Gasteiger partial charge on any atom is -0.494 e. The molecule has 1 unspecified atom stereocenters. The highest BCUT2D eigenvalue weighted by Gasteiger charge is 2.15. The van der Waals surface area contributed by atoms with Crippen molar-refractivity contribution in [3.63, 3.8) is 0 Å². The van der Waals surface area contributed by atoms with E-state index in [4.69, 9.17) is 33.7 Å². The van der Waals surface area contributed by atoms with Crippen molar-refractivity contribution in [2.75, 3.05) is 13.2 Å². The molecule has 2 aromatic carbocycles. The van der Waals surface area contributed by atoms with Gasteiger partial charge >= 0.3 is 0 Å².